The predicted octanol–water partition coefficient (Wildman–Crippen LogP) is 7.08. The molecule has 8 heteroatoms. The molecule has 5 rings (SSSR count). The van der Waals surface area contributed by atoms with Gasteiger partial charge in [-0.2, -0.15) is 18.4 Å². The minimum absolute atomic E-state index is 0.0241. The van der Waals surface area contributed by atoms with Gasteiger partial charge in [-0.1, -0.05) is 36.8 Å². The number of pyridine rings is 1. The molecule has 0 bridgehead atoms. The summed E-state index contributed by atoms with van der Waals surface area (Å²) in [4.78, 5) is 15.2. The summed E-state index contributed by atoms with van der Waals surface area (Å²) in [5, 5.41) is 18.8. The summed E-state index contributed by atoms with van der Waals surface area (Å²) in [6.45, 7) is 0. The van der Waals surface area contributed by atoms with E-state index in [2.05, 4.69) is 4.98 Å². The fourth-order valence-electron chi connectivity index (χ4n) is 4.78. The fraction of sp³-hybridized carbons (Fsp3) is 0.167. The average molecular weight is 514 g/mol. The van der Waals surface area contributed by atoms with E-state index in [0.29, 0.717) is 11.1 Å². The van der Waals surface area contributed by atoms with Crippen LogP contribution in [-0.2, 0) is 11.0 Å². The van der Waals surface area contributed by atoms with Gasteiger partial charge in [0.1, 0.15) is 5.65 Å². The number of carbonyl (C=O) groups is 1. The molecule has 1 aliphatic rings. The number of allylic oxidation sites excluding steroid dienone is 1. The molecule has 4 aromatic rings. The predicted molar refractivity (Wildman–Crippen MR) is 138 cm³/mol. The van der Waals surface area contributed by atoms with Crippen LogP contribution in [0, 0.1) is 17.2 Å². The number of nitriles is 1. The number of carboxylic acids is 1. The number of rotatable bonds is 6. The molecule has 0 amide bonds. The van der Waals surface area contributed by atoms with E-state index in [0.717, 1.165) is 65.4 Å². The first kappa shape index (κ1) is 25.0. The minimum Gasteiger partial charge on any atom is -0.478 e. The van der Waals surface area contributed by atoms with Crippen molar-refractivity contribution in [1.82, 2.24) is 9.38 Å². The number of aliphatic carboxylic acids is 1. The Balaban J connectivity index is 1.77. The van der Waals surface area contributed by atoms with Crippen molar-refractivity contribution in [3.63, 3.8) is 0 Å². The van der Waals surface area contributed by atoms with E-state index in [4.69, 9.17) is 5.11 Å². The number of alkyl halides is 3. The van der Waals surface area contributed by atoms with E-state index < -0.39 is 17.7 Å². The van der Waals surface area contributed by atoms with Gasteiger partial charge >= 0.3 is 12.1 Å². The Labute approximate surface area is 216 Å². The van der Waals surface area contributed by atoms with Crippen LogP contribution in [0.15, 0.2) is 79.3 Å². The number of nitrogens with zero attached hydrogens (tertiary/aromatic N) is 3. The number of benzene rings is 2. The van der Waals surface area contributed by atoms with Gasteiger partial charge in [0.25, 0.3) is 0 Å². The molecule has 2 aromatic heterocycles. The first-order chi connectivity index (χ1) is 18.2. The van der Waals surface area contributed by atoms with Crippen LogP contribution in [0.4, 0.5) is 13.2 Å². The molecule has 0 radical (unpaired) electrons. The maximum absolute atomic E-state index is 13.5. The highest BCUT2D eigenvalue weighted by atomic mass is 19.4. The Morgan fingerprint density at radius 1 is 1.08 bits per heavy atom. The van der Waals surface area contributed by atoms with Crippen LogP contribution in [0.5, 0.6) is 0 Å². The molecule has 1 aliphatic carbocycles. The monoisotopic (exact) mass is 513 g/mol. The maximum Gasteiger partial charge on any atom is 0.416 e. The normalized spacial score (nSPS) is 14.8. The van der Waals surface area contributed by atoms with E-state index in [9.17, 15) is 23.2 Å². The SMILES string of the molecule is N#Cc1cc(C(F)(F)F)ccc1/C(=C(\c1ccc(/C=C/C(=O)O)cc1)c1ccc2nccn2c1)C1CCC1. The molecule has 0 saturated heterocycles. The van der Waals surface area contributed by atoms with Crippen molar-refractivity contribution in [3.05, 3.63) is 113 Å². The molecule has 1 fully saturated rings. The summed E-state index contributed by atoms with van der Waals surface area (Å²) in [6.07, 6.45) is 6.12. The van der Waals surface area contributed by atoms with Crippen molar-refractivity contribution >= 4 is 28.8 Å². The molecule has 1 N–H and O–H groups in total. The van der Waals surface area contributed by atoms with Crippen molar-refractivity contribution in [2.45, 2.75) is 25.4 Å². The van der Waals surface area contributed by atoms with Gasteiger partial charge < -0.3 is 9.51 Å². The second kappa shape index (κ2) is 10.0. The summed E-state index contributed by atoms with van der Waals surface area (Å²) in [7, 11) is 0. The van der Waals surface area contributed by atoms with Crippen molar-refractivity contribution in [2.24, 2.45) is 5.92 Å². The zero-order valence-electron chi connectivity index (χ0n) is 20.1. The Morgan fingerprint density at radius 3 is 2.45 bits per heavy atom. The Bertz CT molecular complexity index is 1620. The van der Waals surface area contributed by atoms with Crippen LogP contribution in [-0.4, -0.2) is 20.5 Å². The van der Waals surface area contributed by atoms with E-state index in [1.54, 1.807) is 18.3 Å². The number of carboxylic acid groups (broad SMARTS) is 1. The molecule has 1 saturated carbocycles. The van der Waals surface area contributed by atoms with Crippen molar-refractivity contribution in [3.8, 4) is 6.07 Å². The van der Waals surface area contributed by atoms with E-state index in [1.165, 1.54) is 12.1 Å². The van der Waals surface area contributed by atoms with Crippen LogP contribution >= 0.6 is 0 Å². The molecule has 0 unspecified atom stereocenters. The van der Waals surface area contributed by atoms with Crippen molar-refractivity contribution < 1.29 is 23.1 Å². The van der Waals surface area contributed by atoms with E-state index >= 15 is 0 Å². The summed E-state index contributed by atoms with van der Waals surface area (Å²) in [5.41, 5.74) is 4.33. The smallest absolute Gasteiger partial charge is 0.416 e. The second-order valence-electron chi connectivity index (χ2n) is 9.19. The summed E-state index contributed by atoms with van der Waals surface area (Å²) >= 11 is 0. The molecule has 2 heterocycles. The third kappa shape index (κ3) is 4.96. The highest BCUT2D eigenvalue weighted by molar-refractivity contribution is 6.00. The Hall–Kier alpha value is -4.64. The number of aromatic nitrogens is 2. The first-order valence-corrected chi connectivity index (χ1v) is 12.0. The Morgan fingerprint density at radius 2 is 1.82 bits per heavy atom. The van der Waals surface area contributed by atoms with Crippen LogP contribution in [0.3, 0.4) is 0 Å². The van der Waals surface area contributed by atoms with Gasteiger partial charge in [-0.05, 0) is 82.5 Å². The summed E-state index contributed by atoms with van der Waals surface area (Å²) < 4.78 is 42.2. The molecule has 190 valence electrons. The number of imidazole rings is 1. The van der Waals surface area contributed by atoms with Gasteiger partial charge in [0, 0.05) is 24.7 Å². The van der Waals surface area contributed by atoms with Gasteiger partial charge in [0.15, 0.2) is 0 Å². The van der Waals surface area contributed by atoms with Gasteiger partial charge in [-0.15, -0.1) is 0 Å². The van der Waals surface area contributed by atoms with Crippen LogP contribution in [0.25, 0.3) is 22.9 Å². The van der Waals surface area contributed by atoms with Gasteiger partial charge in [0.05, 0.1) is 17.2 Å². The zero-order valence-corrected chi connectivity index (χ0v) is 20.1. The number of halogens is 3. The standard InChI is InChI=1S/C30H22F3N3O2/c31-30(32,33)24-10-11-25(23(16-24)17-34)29(20-2-1-3-20)28(22-9-12-26-35-14-15-36(26)18-22)21-7-4-19(5-8-21)6-13-27(37)38/h4-16,18,20H,1-3H2,(H,37,38)/b13-6+,29-28+. The highest BCUT2D eigenvalue weighted by Crippen LogP contribution is 2.46. The molecule has 0 atom stereocenters. The summed E-state index contributed by atoms with van der Waals surface area (Å²) in [6, 6.07) is 16.5. The second-order valence-corrected chi connectivity index (χ2v) is 9.19. The van der Waals surface area contributed by atoms with E-state index in [-0.39, 0.29) is 11.5 Å². The van der Waals surface area contributed by atoms with Crippen LogP contribution in [0.1, 0.15) is 52.6 Å². The molecular formula is C30H22F3N3O2. The minimum atomic E-state index is -4.56. The average Bonchev–Trinajstić information content (AvgIpc) is 3.34. The molecular weight excluding hydrogens is 491 g/mol. The molecule has 2 aromatic carbocycles. The third-order valence-corrected chi connectivity index (χ3v) is 6.84. The topological polar surface area (TPSA) is 78.4 Å². The fourth-order valence-corrected chi connectivity index (χ4v) is 4.78. The number of hydrogen-bond donors (Lipinski definition) is 1. The zero-order chi connectivity index (χ0) is 26.9. The molecule has 0 spiro atoms. The lowest BCUT2D eigenvalue weighted by Crippen LogP contribution is -2.16. The van der Waals surface area contributed by atoms with Gasteiger partial charge in [-0.3, -0.25) is 0 Å². The molecule has 0 aliphatic heterocycles. The number of hydrogen-bond acceptors (Lipinski definition) is 3. The highest BCUT2D eigenvalue weighted by Gasteiger charge is 2.33. The maximum atomic E-state index is 13.5. The largest absolute Gasteiger partial charge is 0.478 e. The molecule has 5 nitrogen and oxygen atoms in total. The van der Waals surface area contributed by atoms with Gasteiger partial charge in [-0.25, -0.2) is 9.78 Å². The lowest BCUT2D eigenvalue weighted by molar-refractivity contribution is -0.137. The molecule has 38 heavy (non-hydrogen) atoms. The quantitative estimate of drug-likeness (QED) is 0.221. The van der Waals surface area contributed by atoms with Crippen molar-refractivity contribution in [2.75, 3.05) is 0 Å². The van der Waals surface area contributed by atoms with Crippen LogP contribution in [0.2, 0.25) is 0 Å². The first-order valence-electron chi connectivity index (χ1n) is 12.0. The van der Waals surface area contributed by atoms with Crippen LogP contribution < -0.4 is 0 Å². The summed E-state index contributed by atoms with van der Waals surface area (Å²) in [5.74, 6) is -0.985. The lowest BCUT2D eigenvalue weighted by atomic mass is 9.72. The van der Waals surface area contributed by atoms with E-state index in [1.807, 2.05) is 47.1 Å². The Kier molecular flexibility index (Phi) is 6.60. The van der Waals surface area contributed by atoms with Crippen molar-refractivity contribution in [1.29, 1.82) is 5.26 Å². The third-order valence-electron chi connectivity index (χ3n) is 6.84. The van der Waals surface area contributed by atoms with Gasteiger partial charge in [0.2, 0.25) is 0 Å². The number of fused-ring (bicyclic) bond motifs is 1. The lowest BCUT2D eigenvalue weighted by Gasteiger charge is -2.32.